The number of fused-ring (bicyclic) bond motifs is 3. The number of para-hydroxylation sites is 1. The maximum atomic E-state index is 2.52. The van der Waals surface area contributed by atoms with Gasteiger partial charge in [0.2, 0.25) is 0 Å². The van der Waals surface area contributed by atoms with Crippen LogP contribution in [0.15, 0.2) is 237 Å². The Morgan fingerprint density at radius 3 is 1.16 bits per heavy atom. The Balaban J connectivity index is 1.36. The van der Waals surface area contributed by atoms with Crippen molar-refractivity contribution in [2.45, 2.75) is 0 Å². The number of anilines is 3. The first kappa shape index (κ1) is 34.0. The van der Waals surface area contributed by atoms with Crippen LogP contribution in [0.2, 0.25) is 0 Å². The summed E-state index contributed by atoms with van der Waals surface area (Å²) in [4.78, 5) is 2.52. The molecule has 0 bridgehead atoms. The van der Waals surface area contributed by atoms with E-state index >= 15 is 0 Å². The number of benzene rings is 10. The van der Waals surface area contributed by atoms with Crippen molar-refractivity contribution in [2.75, 3.05) is 4.90 Å². The molecule has 1 nitrogen and oxygen atoms in total. The SMILES string of the molecule is c1ccc(-c2ccc(N(c3c(-c4ccccc4)cccc3-c3ccccc3)c3cccc4c(-c5ccccc5)c(-c5ccccc5)c5ccccc5c34)cc2)cc1. The number of hydrogen-bond donors (Lipinski definition) is 0. The fraction of sp³-hybridized carbons (Fsp3) is 0. The van der Waals surface area contributed by atoms with E-state index in [-0.39, 0.29) is 0 Å². The summed E-state index contributed by atoms with van der Waals surface area (Å²) in [6.07, 6.45) is 0. The summed E-state index contributed by atoms with van der Waals surface area (Å²) in [7, 11) is 0. The van der Waals surface area contributed by atoms with Crippen LogP contribution >= 0.6 is 0 Å². The highest BCUT2D eigenvalue weighted by atomic mass is 15.1. The van der Waals surface area contributed by atoms with Gasteiger partial charge in [0.05, 0.1) is 11.4 Å². The summed E-state index contributed by atoms with van der Waals surface area (Å²) in [5.74, 6) is 0. The first-order valence-electron chi connectivity index (χ1n) is 19.6. The zero-order valence-electron chi connectivity index (χ0n) is 31.5. The van der Waals surface area contributed by atoms with Gasteiger partial charge < -0.3 is 4.90 Å². The summed E-state index contributed by atoms with van der Waals surface area (Å²) >= 11 is 0. The lowest BCUT2D eigenvalue weighted by molar-refractivity contribution is 1.30. The normalized spacial score (nSPS) is 11.2. The number of nitrogens with zero attached hydrogens (tertiary/aromatic N) is 1. The number of rotatable bonds is 8. The molecule has 10 aromatic rings. The molecular weight excluding hydrogens is 687 g/mol. The smallest absolute Gasteiger partial charge is 0.0618 e. The molecule has 0 amide bonds. The van der Waals surface area contributed by atoms with Gasteiger partial charge in [-0.05, 0) is 78.9 Å². The van der Waals surface area contributed by atoms with E-state index in [0.717, 1.165) is 39.3 Å². The van der Waals surface area contributed by atoms with Crippen molar-refractivity contribution in [3.05, 3.63) is 237 Å². The molecule has 0 spiro atoms. The molecular formula is C56H39N. The minimum absolute atomic E-state index is 1.08. The Kier molecular flexibility index (Phi) is 8.95. The highest BCUT2D eigenvalue weighted by Gasteiger charge is 2.26. The molecule has 57 heavy (non-hydrogen) atoms. The second-order valence-electron chi connectivity index (χ2n) is 14.4. The van der Waals surface area contributed by atoms with Crippen molar-refractivity contribution in [3.8, 4) is 55.6 Å². The van der Waals surface area contributed by atoms with Gasteiger partial charge in [-0.25, -0.2) is 0 Å². The summed E-state index contributed by atoms with van der Waals surface area (Å²) in [5, 5.41) is 4.86. The Labute approximate surface area is 334 Å². The van der Waals surface area contributed by atoms with E-state index in [2.05, 4.69) is 241 Å². The molecule has 0 N–H and O–H groups in total. The van der Waals surface area contributed by atoms with Crippen molar-refractivity contribution in [3.63, 3.8) is 0 Å². The third-order valence-corrected chi connectivity index (χ3v) is 11.1. The van der Waals surface area contributed by atoms with Crippen molar-refractivity contribution >= 4 is 38.6 Å². The quantitative estimate of drug-likeness (QED) is 0.141. The molecule has 268 valence electrons. The van der Waals surface area contributed by atoms with E-state index in [9.17, 15) is 0 Å². The van der Waals surface area contributed by atoms with E-state index in [1.165, 1.54) is 54.9 Å². The molecule has 0 heterocycles. The second-order valence-corrected chi connectivity index (χ2v) is 14.4. The first-order valence-corrected chi connectivity index (χ1v) is 19.6. The van der Waals surface area contributed by atoms with Crippen LogP contribution in [0.25, 0.3) is 77.2 Å². The summed E-state index contributed by atoms with van der Waals surface area (Å²) in [6.45, 7) is 0. The predicted molar refractivity (Wildman–Crippen MR) is 243 cm³/mol. The average Bonchev–Trinajstić information content (AvgIpc) is 3.30. The van der Waals surface area contributed by atoms with Crippen LogP contribution < -0.4 is 4.90 Å². The van der Waals surface area contributed by atoms with Gasteiger partial charge >= 0.3 is 0 Å². The molecule has 0 radical (unpaired) electrons. The molecule has 0 aromatic heterocycles. The van der Waals surface area contributed by atoms with E-state index in [0.29, 0.717) is 0 Å². The van der Waals surface area contributed by atoms with E-state index in [1.807, 2.05) is 0 Å². The molecule has 1 heteroatoms. The average molecular weight is 726 g/mol. The Hall–Kier alpha value is -7.48. The molecule has 0 saturated carbocycles. The lowest BCUT2D eigenvalue weighted by Crippen LogP contribution is -2.13. The third kappa shape index (κ3) is 6.26. The highest BCUT2D eigenvalue weighted by molar-refractivity contribution is 6.26. The standard InChI is InChI=1S/C56H39N/c1-6-20-40(21-7-1)41-36-38-46(39-37-41)57(56-47(42-22-8-2-9-23-42)32-18-33-48(56)43-24-10-3-11-25-43)52-35-19-34-51-54(45-28-14-5-15-29-45)53(44-26-12-4-13-27-44)49-30-16-17-31-50(49)55(51)52/h1-39H. The topological polar surface area (TPSA) is 3.24 Å². The monoisotopic (exact) mass is 725 g/mol. The van der Waals surface area contributed by atoms with Gasteiger partial charge in [-0.1, -0.05) is 218 Å². The second kappa shape index (κ2) is 15.0. The molecule has 0 aliphatic rings. The number of hydrogen-bond acceptors (Lipinski definition) is 1. The van der Waals surface area contributed by atoms with E-state index < -0.39 is 0 Å². The van der Waals surface area contributed by atoms with E-state index in [4.69, 9.17) is 0 Å². The maximum Gasteiger partial charge on any atom is 0.0618 e. The van der Waals surface area contributed by atoms with Crippen LogP contribution in [0.5, 0.6) is 0 Å². The maximum absolute atomic E-state index is 2.52. The van der Waals surface area contributed by atoms with Crippen LogP contribution in [0.3, 0.4) is 0 Å². The molecule has 0 atom stereocenters. The van der Waals surface area contributed by atoms with Crippen molar-refractivity contribution in [1.82, 2.24) is 0 Å². The predicted octanol–water partition coefficient (Wildman–Crippen LogP) is 15.8. The molecule has 0 aliphatic heterocycles. The summed E-state index contributed by atoms with van der Waals surface area (Å²) < 4.78 is 0. The van der Waals surface area contributed by atoms with Crippen LogP contribution in [0.1, 0.15) is 0 Å². The molecule has 0 aliphatic carbocycles. The minimum atomic E-state index is 1.08. The lowest BCUT2D eigenvalue weighted by atomic mass is 9.84. The van der Waals surface area contributed by atoms with Gasteiger partial charge in [0.25, 0.3) is 0 Å². The van der Waals surface area contributed by atoms with Gasteiger partial charge in [0.15, 0.2) is 0 Å². The molecule has 0 unspecified atom stereocenters. The molecule has 0 fully saturated rings. The van der Waals surface area contributed by atoms with Crippen LogP contribution in [-0.2, 0) is 0 Å². The largest absolute Gasteiger partial charge is 0.309 e. The van der Waals surface area contributed by atoms with E-state index in [1.54, 1.807) is 0 Å². The Bertz CT molecular complexity index is 2900. The zero-order chi connectivity index (χ0) is 38.0. The highest BCUT2D eigenvalue weighted by Crippen LogP contribution is 2.52. The fourth-order valence-corrected chi connectivity index (χ4v) is 8.52. The Morgan fingerprint density at radius 2 is 0.632 bits per heavy atom. The molecule has 0 saturated heterocycles. The zero-order valence-corrected chi connectivity index (χ0v) is 31.5. The summed E-state index contributed by atoms with van der Waals surface area (Å²) in [5.41, 5.74) is 15.2. The van der Waals surface area contributed by atoms with Crippen molar-refractivity contribution in [2.24, 2.45) is 0 Å². The van der Waals surface area contributed by atoms with Gasteiger partial charge in [0.1, 0.15) is 0 Å². The molecule has 10 aromatic carbocycles. The first-order chi connectivity index (χ1) is 28.3. The van der Waals surface area contributed by atoms with Gasteiger partial charge in [-0.15, -0.1) is 0 Å². The third-order valence-electron chi connectivity index (χ3n) is 11.1. The summed E-state index contributed by atoms with van der Waals surface area (Å²) in [6, 6.07) is 85.7. The van der Waals surface area contributed by atoms with Crippen LogP contribution in [0, 0.1) is 0 Å². The van der Waals surface area contributed by atoms with Crippen LogP contribution in [-0.4, -0.2) is 0 Å². The minimum Gasteiger partial charge on any atom is -0.309 e. The van der Waals surface area contributed by atoms with Crippen LogP contribution in [0.4, 0.5) is 17.1 Å². The van der Waals surface area contributed by atoms with Gasteiger partial charge in [0, 0.05) is 22.2 Å². The fourth-order valence-electron chi connectivity index (χ4n) is 8.52. The van der Waals surface area contributed by atoms with Gasteiger partial charge in [-0.3, -0.25) is 0 Å². The van der Waals surface area contributed by atoms with Gasteiger partial charge in [-0.2, -0.15) is 0 Å². The lowest BCUT2D eigenvalue weighted by Gasteiger charge is -2.32. The molecule has 10 rings (SSSR count). The van der Waals surface area contributed by atoms with Crippen molar-refractivity contribution in [1.29, 1.82) is 0 Å². The Morgan fingerprint density at radius 1 is 0.246 bits per heavy atom. The van der Waals surface area contributed by atoms with Crippen molar-refractivity contribution < 1.29 is 0 Å².